The standard InChI is InChI=1S/C26H32FN3O3/c1-4-22(28-12-5-13-33-3)24(31)16-26(32)11-10-19-14-23-18(15-25(19,26)2)17-29-30(23)21-8-6-20(27)7-9-21/h5-9,12,14,17,24,31-32H,4,10-11,13,15-16H2,1-3H3/b12-5-,28-22+/t24?,25-,26+/m0/s1. The van der Waals surface area contributed by atoms with Crippen LogP contribution >= 0.6 is 0 Å². The van der Waals surface area contributed by atoms with E-state index >= 15 is 0 Å². The molecule has 6 nitrogen and oxygen atoms in total. The van der Waals surface area contributed by atoms with Crippen LogP contribution in [0.1, 0.15) is 50.8 Å². The third-order valence-electron chi connectivity index (χ3n) is 7.24. The predicted octanol–water partition coefficient (Wildman–Crippen LogP) is 4.24. The summed E-state index contributed by atoms with van der Waals surface area (Å²) >= 11 is 0. The number of benzene rings is 1. The summed E-state index contributed by atoms with van der Waals surface area (Å²) in [7, 11) is 1.62. The number of rotatable bonds is 8. The Labute approximate surface area is 194 Å². The highest BCUT2D eigenvalue weighted by Crippen LogP contribution is 2.57. The van der Waals surface area contributed by atoms with E-state index in [4.69, 9.17) is 4.74 Å². The van der Waals surface area contributed by atoms with Crippen molar-refractivity contribution in [3.8, 4) is 5.69 Å². The van der Waals surface area contributed by atoms with E-state index < -0.39 is 17.1 Å². The molecular formula is C26H32FN3O3. The van der Waals surface area contributed by atoms with E-state index in [9.17, 15) is 14.6 Å². The zero-order valence-electron chi connectivity index (χ0n) is 19.5. The van der Waals surface area contributed by atoms with Crippen molar-refractivity contribution in [1.82, 2.24) is 9.78 Å². The molecule has 0 radical (unpaired) electrons. The normalized spacial score (nSPS) is 25.8. The topological polar surface area (TPSA) is 79.9 Å². The molecule has 33 heavy (non-hydrogen) atoms. The quantitative estimate of drug-likeness (QED) is 0.586. The Morgan fingerprint density at radius 2 is 2.12 bits per heavy atom. The first kappa shape index (κ1) is 23.5. The summed E-state index contributed by atoms with van der Waals surface area (Å²) in [5.41, 5.74) is 3.06. The van der Waals surface area contributed by atoms with E-state index in [1.165, 1.54) is 12.1 Å². The van der Waals surface area contributed by atoms with Gasteiger partial charge in [0.05, 0.1) is 35.9 Å². The summed E-state index contributed by atoms with van der Waals surface area (Å²) in [6, 6.07) is 6.28. The van der Waals surface area contributed by atoms with Gasteiger partial charge in [0, 0.05) is 30.9 Å². The molecule has 0 aliphatic heterocycles. The number of fused-ring (bicyclic) bond motifs is 2. The first-order valence-electron chi connectivity index (χ1n) is 11.5. The van der Waals surface area contributed by atoms with Crippen LogP contribution in [0.4, 0.5) is 4.39 Å². The van der Waals surface area contributed by atoms with Gasteiger partial charge >= 0.3 is 0 Å². The summed E-state index contributed by atoms with van der Waals surface area (Å²) in [5.74, 6) is -0.283. The van der Waals surface area contributed by atoms with Crippen LogP contribution in [0.15, 0.2) is 53.3 Å². The molecule has 2 aromatic rings. The van der Waals surface area contributed by atoms with Gasteiger partial charge in [-0.3, -0.25) is 4.99 Å². The zero-order chi connectivity index (χ0) is 23.6. The summed E-state index contributed by atoms with van der Waals surface area (Å²) in [4.78, 5) is 4.40. The summed E-state index contributed by atoms with van der Waals surface area (Å²) < 4.78 is 20.2. The third-order valence-corrected chi connectivity index (χ3v) is 7.24. The maximum absolute atomic E-state index is 13.4. The lowest BCUT2D eigenvalue weighted by Crippen LogP contribution is -2.48. The molecule has 176 valence electrons. The van der Waals surface area contributed by atoms with Gasteiger partial charge in [-0.2, -0.15) is 5.10 Å². The van der Waals surface area contributed by atoms with Crippen molar-refractivity contribution in [3.05, 3.63) is 65.4 Å². The Bertz CT molecular complexity index is 1090. The van der Waals surface area contributed by atoms with Crippen molar-refractivity contribution < 1.29 is 19.3 Å². The van der Waals surface area contributed by atoms with Crippen molar-refractivity contribution >= 4 is 11.8 Å². The molecule has 0 spiro atoms. The number of aliphatic hydroxyl groups is 2. The van der Waals surface area contributed by atoms with Crippen molar-refractivity contribution in [3.63, 3.8) is 0 Å². The molecule has 1 aromatic heterocycles. The average molecular weight is 454 g/mol. The van der Waals surface area contributed by atoms with Crippen molar-refractivity contribution in [1.29, 1.82) is 0 Å². The van der Waals surface area contributed by atoms with Crippen LogP contribution in [0.25, 0.3) is 11.8 Å². The fourth-order valence-electron chi connectivity index (χ4n) is 5.18. The smallest absolute Gasteiger partial charge is 0.123 e. The molecule has 2 aliphatic rings. The van der Waals surface area contributed by atoms with Gasteiger partial charge < -0.3 is 14.9 Å². The third kappa shape index (κ3) is 4.33. The maximum Gasteiger partial charge on any atom is 0.123 e. The lowest BCUT2D eigenvalue weighted by atomic mass is 9.65. The van der Waals surface area contributed by atoms with Crippen LogP contribution in [-0.2, 0) is 11.2 Å². The Morgan fingerprint density at radius 1 is 1.36 bits per heavy atom. The highest BCUT2D eigenvalue weighted by atomic mass is 19.1. The van der Waals surface area contributed by atoms with Crippen LogP contribution in [0.2, 0.25) is 0 Å². The maximum atomic E-state index is 13.4. The SMILES string of the molecule is CC/C(=N\C=C/COC)C(O)C[C@]1(O)CCC2=Cc3c(cnn3-c3ccc(F)cc3)C[C@@]21C. The van der Waals surface area contributed by atoms with Gasteiger partial charge in [0.25, 0.3) is 0 Å². The second kappa shape index (κ2) is 9.33. The minimum atomic E-state index is -1.06. The first-order valence-corrected chi connectivity index (χ1v) is 11.5. The van der Waals surface area contributed by atoms with Crippen LogP contribution in [0.3, 0.4) is 0 Å². The second-order valence-electron chi connectivity index (χ2n) is 9.19. The Morgan fingerprint density at radius 3 is 2.82 bits per heavy atom. The molecule has 2 N–H and O–H groups in total. The number of halogens is 1. The van der Waals surface area contributed by atoms with Gasteiger partial charge in [-0.15, -0.1) is 0 Å². The highest BCUT2D eigenvalue weighted by Gasteiger charge is 2.56. The van der Waals surface area contributed by atoms with Crippen molar-refractivity contribution in [2.75, 3.05) is 13.7 Å². The van der Waals surface area contributed by atoms with Gasteiger partial charge in [-0.1, -0.05) is 19.4 Å². The largest absolute Gasteiger partial charge is 0.389 e. The van der Waals surface area contributed by atoms with E-state index in [1.807, 2.05) is 17.8 Å². The Hall–Kier alpha value is -2.61. The highest BCUT2D eigenvalue weighted by molar-refractivity contribution is 5.89. The first-order chi connectivity index (χ1) is 15.8. The molecule has 0 bridgehead atoms. The minimum Gasteiger partial charge on any atom is -0.389 e. The molecule has 7 heteroatoms. The minimum absolute atomic E-state index is 0.229. The number of hydrogen-bond donors (Lipinski definition) is 2. The summed E-state index contributed by atoms with van der Waals surface area (Å²) in [5, 5.41) is 27.3. The number of nitrogens with zero attached hydrogens (tertiary/aromatic N) is 3. The monoisotopic (exact) mass is 453 g/mol. The molecule has 1 heterocycles. The van der Waals surface area contributed by atoms with Gasteiger partial charge in [-0.25, -0.2) is 9.07 Å². The van der Waals surface area contributed by atoms with Crippen LogP contribution in [-0.4, -0.2) is 51.1 Å². The van der Waals surface area contributed by atoms with E-state index in [0.717, 1.165) is 28.9 Å². The van der Waals surface area contributed by atoms with Gasteiger partial charge in [0.2, 0.25) is 0 Å². The number of aromatic nitrogens is 2. The molecule has 4 rings (SSSR count). The number of ether oxygens (including phenoxy) is 1. The van der Waals surface area contributed by atoms with Crippen LogP contribution in [0, 0.1) is 11.2 Å². The van der Waals surface area contributed by atoms with Gasteiger partial charge in [0.1, 0.15) is 5.82 Å². The molecular weight excluding hydrogens is 421 g/mol. The lowest BCUT2D eigenvalue weighted by Gasteiger charge is -2.43. The van der Waals surface area contributed by atoms with Gasteiger partial charge in [0.15, 0.2) is 0 Å². The van der Waals surface area contributed by atoms with E-state index in [2.05, 4.69) is 23.1 Å². The number of methoxy groups -OCH3 is 1. The molecule has 2 aliphatic carbocycles. The summed E-state index contributed by atoms with van der Waals surface area (Å²) in [6.07, 6.45) is 9.34. The van der Waals surface area contributed by atoms with Crippen LogP contribution < -0.4 is 0 Å². The van der Waals surface area contributed by atoms with Crippen molar-refractivity contribution in [2.45, 2.75) is 57.7 Å². The van der Waals surface area contributed by atoms with E-state index in [-0.39, 0.29) is 12.2 Å². The lowest BCUT2D eigenvalue weighted by molar-refractivity contribution is -0.0636. The molecule has 1 fully saturated rings. The predicted molar refractivity (Wildman–Crippen MR) is 127 cm³/mol. The molecule has 1 aromatic carbocycles. The van der Waals surface area contributed by atoms with Crippen molar-refractivity contribution in [2.24, 2.45) is 10.4 Å². The molecule has 0 amide bonds. The zero-order valence-corrected chi connectivity index (χ0v) is 19.5. The number of hydrogen-bond acceptors (Lipinski definition) is 5. The molecule has 1 saturated carbocycles. The molecule has 3 atom stereocenters. The Balaban J connectivity index is 1.58. The fraction of sp³-hybridized carbons (Fsp3) is 0.462. The second-order valence-corrected chi connectivity index (χ2v) is 9.19. The summed E-state index contributed by atoms with van der Waals surface area (Å²) in [6.45, 7) is 4.49. The number of aliphatic imine (C=N–C) groups is 1. The van der Waals surface area contributed by atoms with E-state index in [0.29, 0.717) is 31.6 Å². The number of aliphatic hydroxyl groups excluding tert-OH is 1. The van der Waals surface area contributed by atoms with Gasteiger partial charge in [-0.05, 0) is 67.7 Å². The van der Waals surface area contributed by atoms with E-state index in [1.54, 1.807) is 31.5 Å². The average Bonchev–Trinajstić information content (AvgIpc) is 3.30. The molecule has 1 unspecified atom stereocenters. The van der Waals surface area contributed by atoms with Crippen LogP contribution in [0.5, 0.6) is 0 Å². The Kier molecular flexibility index (Phi) is 6.66. The molecule has 0 saturated heterocycles. The fourth-order valence-corrected chi connectivity index (χ4v) is 5.18.